The molecule has 0 bridgehead atoms. The third-order valence-corrected chi connectivity index (χ3v) is 4.81. The van der Waals surface area contributed by atoms with Gasteiger partial charge >= 0.3 is 0 Å². The van der Waals surface area contributed by atoms with Crippen LogP contribution in [0.25, 0.3) is 5.65 Å². The molecule has 0 aliphatic carbocycles. The van der Waals surface area contributed by atoms with Crippen LogP contribution in [0.3, 0.4) is 0 Å². The zero-order valence-corrected chi connectivity index (χ0v) is 14.8. The summed E-state index contributed by atoms with van der Waals surface area (Å²) >= 11 is 1.74. The molecule has 0 amide bonds. The summed E-state index contributed by atoms with van der Waals surface area (Å²) in [6, 6.07) is 6.01. The molecule has 0 saturated carbocycles. The fraction of sp³-hybridized carbons (Fsp3) is 0.353. The molecule has 0 radical (unpaired) electrons. The van der Waals surface area contributed by atoms with Crippen LogP contribution in [0, 0.1) is 0 Å². The maximum atomic E-state index is 4.60. The highest BCUT2D eigenvalue weighted by Gasteiger charge is 2.04. The number of aromatic nitrogens is 3. The van der Waals surface area contributed by atoms with Crippen molar-refractivity contribution in [2.75, 3.05) is 13.6 Å². The molecular weight excluding hydrogens is 320 g/mol. The van der Waals surface area contributed by atoms with Crippen molar-refractivity contribution < 1.29 is 0 Å². The van der Waals surface area contributed by atoms with Crippen LogP contribution in [0.2, 0.25) is 0 Å². The Kier molecular flexibility index (Phi) is 5.43. The number of pyridine rings is 1. The maximum Gasteiger partial charge on any atom is 0.191 e. The van der Waals surface area contributed by atoms with Crippen LogP contribution in [0.5, 0.6) is 0 Å². The van der Waals surface area contributed by atoms with Crippen molar-refractivity contribution in [3.63, 3.8) is 0 Å². The molecule has 0 atom stereocenters. The average Bonchev–Trinajstić information content (AvgIpc) is 3.23. The van der Waals surface area contributed by atoms with Crippen LogP contribution >= 0.6 is 11.3 Å². The number of nitrogens with one attached hydrogen (secondary N) is 2. The van der Waals surface area contributed by atoms with Gasteiger partial charge in [-0.25, -0.2) is 9.97 Å². The Balaban J connectivity index is 1.47. The molecule has 6 nitrogen and oxygen atoms in total. The number of fused-ring (bicyclic) bond motifs is 1. The predicted octanol–water partition coefficient (Wildman–Crippen LogP) is 2.26. The molecule has 3 rings (SSSR count). The first-order valence-corrected chi connectivity index (χ1v) is 8.91. The van der Waals surface area contributed by atoms with Gasteiger partial charge in [-0.2, -0.15) is 0 Å². The largest absolute Gasteiger partial charge is 0.356 e. The van der Waals surface area contributed by atoms with Crippen molar-refractivity contribution in [1.82, 2.24) is 25.0 Å². The zero-order valence-electron chi connectivity index (χ0n) is 14.0. The summed E-state index contributed by atoms with van der Waals surface area (Å²) in [6.45, 7) is 3.62. The summed E-state index contributed by atoms with van der Waals surface area (Å²) in [6.07, 6.45) is 7.90. The van der Waals surface area contributed by atoms with Gasteiger partial charge in [0, 0.05) is 43.5 Å². The molecule has 3 aromatic heterocycles. The highest BCUT2D eigenvalue weighted by atomic mass is 32.1. The molecule has 0 saturated heterocycles. The zero-order chi connectivity index (χ0) is 16.8. The van der Waals surface area contributed by atoms with E-state index in [2.05, 4.69) is 38.7 Å². The molecule has 3 heterocycles. The van der Waals surface area contributed by atoms with Crippen LogP contribution in [0.15, 0.2) is 41.8 Å². The van der Waals surface area contributed by atoms with Gasteiger partial charge < -0.3 is 15.0 Å². The summed E-state index contributed by atoms with van der Waals surface area (Å²) in [5.41, 5.74) is 2.04. The molecule has 126 valence electrons. The topological polar surface area (TPSA) is 66.6 Å². The Morgan fingerprint density at radius 2 is 2.25 bits per heavy atom. The van der Waals surface area contributed by atoms with E-state index in [1.165, 1.54) is 4.88 Å². The first kappa shape index (κ1) is 16.4. The molecule has 7 heteroatoms. The molecule has 0 fully saturated rings. The highest BCUT2D eigenvalue weighted by Crippen LogP contribution is 2.12. The van der Waals surface area contributed by atoms with E-state index < -0.39 is 0 Å². The average molecular weight is 342 g/mol. The fourth-order valence-corrected chi connectivity index (χ4v) is 3.19. The Hall–Kier alpha value is -2.41. The van der Waals surface area contributed by atoms with E-state index in [0.29, 0.717) is 6.54 Å². The lowest BCUT2D eigenvalue weighted by molar-refractivity contribution is 0.784. The van der Waals surface area contributed by atoms with Gasteiger partial charge in [-0.1, -0.05) is 13.0 Å². The third kappa shape index (κ3) is 4.11. The number of hydrogen-bond acceptors (Lipinski definition) is 4. The Morgan fingerprint density at radius 3 is 3.00 bits per heavy atom. The van der Waals surface area contributed by atoms with E-state index in [-0.39, 0.29) is 0 Å². The second-order valence-corrected chi connectivity index (χ2v) is 6.57. The molecular formula is C17H22N6S. The lowest BCUT2D eigenvalue weighted by atomic mass is 10.3. The summed E-state index contributed by atoms with van der Waals surface area (Å²) < 4.78 is 2.04. The van der Waals surface area contributed by atoms with Gasteiger partial charge in [-0.05, 0) is 18.6 Å². The van der Waals surface area contributed by atoms with E-state index in [1.807, 2.05) is 35.0 Å². The van der Waals surface area contributed by atoms with Crippen molar-refractivity contribution in [3.8, 4) is 0 Å². The van der Waals surface area contributed by atoms with Gasteiger partial charge in [0.25, 0.3) is 0 Å². The minimum atomic E-state index is 0.693. The number of thiazole rings is 1. The summed E-state index contributed by atoms with van der Waals surface area (Å²) in [7, 11) is 1.78. The summed E-state index contributed by atoms with van der Waals surface area (Å²) in [4.78, 5) is 14.6. The van der Waals surface area contributed by atoms with Crippen LogP contribution in [0.4, 0.5) is 0 Å². The fourth-order valence-electron chi connectivity index (χ4n) is 2.39. The van der Waals surface area contributed by atoms with E-state index in [4.69, 9.17) is 0 Å². The minimum Gasteiger partial charge on any atom is -0.356 e. The van der Waals surface area contributed by atoms with Crippen LogP contribution in [-0.2, 0) is 19.4 Å². The smallest absolute Gasteiger partial charge is 0.191 e. The van der Waals surface area contributed by atoms with Crippen LogP contribution in [-0.4, -0.2) is 33.9 Å². The lowest BCUT2D eigenvalue weighted by Gasteiger charge is -2.10. The lowest BCUT2D eigenvalue weighted by Crippen LogP contribution is -2.37. The standard InChI is InChI=1S/C17H22N6S/c1-3-14-10-20-16(24-14)11-21-17(18-2)19-8-7-13-12-23-9-5-4-6-15(23)22-13/h4-6,9-10,12H,3,7-8,11H2,1-2H3,(H2,18,19,21). The monoisotopic (exact) mass is 342 g/mol. The molecule has 2 N–H and O–H groups in total. The van der Waals surface area contributed by atoms with E-state index in [9.17, 15) is 0 Å². The summed E-state index contributed by atoms with van der Waals surface area (Å²) in [5, 5.41) is 7.70. The van der Waals surface area contributed by atoms with E-state index >= 15 is 0 Å². The Labute approximate surface area is 145 Å². The molecule has 0 unspecified atom stereocenters. The van der Waals surface area contributed by atoms with Gasteiger partial charge in [-0.3, -0.25) is 4.99 Å². The van der Waals surface area contributed by atoms with Crippen LogP contribution in [0.1, 0.15) is 22.5 Å². The number of hydrogen-bond donors (Lipinski definition) is 2. The van der Waals surface area contributed by atoms with Gasteiger partial charge in [0.2, 0.25) is 0 Å². The van der Waals surface area contributed by atoms with Crippen molar-refractivity contribution in [1.29, 1.82) is 0 Å². The van der Waals surface area contributed by atoms with E-state index in [0.717, 1.165) is 41.7 Å². The highest BCUT2D eigenvalue weighted by molar-refractivity contribution is 7.11. The Bertz CT molecular complexity index is 786. The van der Waals surface area contributed by atoms with E-state index in [1.54, 1.807) is 18.4 Å². The molecule has 3 aromatic rings. The molecule has 24 heavy (non-hydrogen) atoms. The second-order valence-electron chi connectivity index (χ2n) is 5.37. The number of rotatable bonds is 6. The van der Waals surface area contributed by atoms with Gasteiger partial charge in [-0.15, -0.1) is 11.3 Å². The SMILES string of the molecule is CCc1cnc(CNC(=NC)NCCc2cn3ccccc3n2)s1. The Morgan fingerprint density at radius 1 is 1.33 bits per heavy atom. The van der Waals surface area contributed by atoms with Gasteiger partial charge in [0.15, 0.2) is 5.96 Å². The quantitative estimate of drug-likeness (QED) is 0.533. The van der Waals surface area contributed by atoms with Gasteiger partial charge in [0.05, 0.1) is 12.2 Å². The molecule has 0 aliphatic heterocycles. The first-order valence-electron chi connectivity index (χ1n) is 8.09. The number of aliphatic imine (C=N–C) groups is 1. The van der Waals surface area contributed by atoms with Gasteiger partial charge in [0.1, 0.15) is 10.7 Å². The molecule has 0 aliphatic rings. The number of nitrogens with zero attached hydrogens (tertiary/aromatic N) is 4. The first-order chi connectivity index (χ1) is 11.8. The predicted molar refractivity (Wildman–Crippen MR) is 98.6 cm³/mol. The second kappa shape index (κ2) is 7.92. The third-order valence-electron chi connectivity index (χ3n) is 3.67. The van der Waals surface area contributed by atoms with Crippen LogP contribution < -0.4 is 10.6 Å². The number of imidazole rings is 1. The molecule has 0 spiro atoms. The van der Waals surface area contributed by atoms with Crippen molar-refractivity contribution in [3.05, 3.63) is 52.4 Å². The molecule has 0 aromatic carbocycles. The normalized spacial score (nSPS) is 11.8. The number of aryl methyl sites for hydroxylation is 1. The minimum absolute atomic E-state index is 0.693. The van der Waals surface area contributed by atoms with Crippen molar-refractivity contribution >= 4 is 22.9 Å². The maximum absolute atomic E-state index is 4.60. The number of guanidine groups is 1. The summed E-state index contributed by atoms with van der Waals surface area (Å²) in [5.74, 6) is 0.784. The van der Waals surface area contributed by atoms with Crippen molar-refractivity contribution in [2.24, 2.45) is 4.99 Å². The van der Waals surface area contributed by atoms with Crippen molar-refractivity contribution in [2.45, 2.75) is 26.3 Å².